The fourth-order valence-electron chi connectivity index (χ4n) is 7.16. The molecule has 0 radical (unpaired) electrons. The summed E-state index contributed by atoms with van der Waals surface area (Å²) in [6.07, 6.45) is 4.83. The van der Waals surface area contributed by atoms with E-state index in [2.05, 4.69) is 53.1 Å². The second kappa shape index (κ2) is 10.8. The van der Waals surface area contributed by atoms with Crippen LogP contribution in [0.2, 0.25) is 0 Å². The number of ether oxygens (including phenoxy) is 2. The van der Waals surface area contributed by atoms with Gasteiger partial charge in [-0.3, -0.25) is 9.69 Å². The first-order chi connectivity index (χ1) is 20.0. The fourth-order valence-corrected chi connectivity index (χ4v) is 7.16. The third-order valence-corrected chi connectivity index (χ3v) is 9.81. The normalized spacial score (nSPS) is 24.4. The Morgan fingerprint density at radius 1 is 1.10 bits per heavy atom. The third kappa shape index (κ3) is 5.22. The first-order valence-electron chi connectivity index (χ1n) is 15.1. The summed E-state index contributed by atoms with van der Waals surface area (Å²) in [5.74, 6) is 1.32. The van der Waals surface area contributed by atoms with Gasteiger partial charge in [-0.2, -0.15) is 0 Å². The average Bonchev–Trinajstić information content (AvgIpc) is 3.76. The highest BCUT2D eigenvalue weighted by Gasteiger charge is 2.62. The van der Waals surface area contributed by atoms with Crippen molar-refractivity contribution in [2.45, 2.75) is 58.2 Å². The number of hydrogen-bond donors (Lipinski definition) is 1. The van der Waals surface area contributed by atoms with Crippen LogP contribution < -0.4 is 9.64 Å². The van der Waals surface area contributed by atoms with Crippen molar-refractivity contribution in [1.82, 2.24) is 9.88 Å². The highest BCUT2D eigenvalue weighted by atomic mass is 16.5. The van der Waals surface area contributed by atoms with Crippen molar-refractivity contribution in [3.63, 3.8) is 0 Å². The number of aryl methyl sites for hydroxylation is 1. The maximum atomic E-state index is 11.7. The van der Waals surface area contributed by atoms with Gasteiger partial charge in [-0.05, 0) is 85.9 Å². The molecule has 0 spiro atoms. The molecule has 3 aliphatic heterocycles. The van der Waals surface area contributed by atoms with Crippen molar-refractivity contribution in [2.24, 2.45) is 11.3 Å². The molecule has 2 aromatic carbocycles. The minimum absolute atomic E-state index is 0.221. The first-order valence-corrected chi connectivity index (χ1v) is 15.1. The number of carbonyl (C=O) groups is 1. The maximum Gasteiger partial charge on any atom is 0.310 e. The molecule has 0 amide bonds. The molecule has 1 saturated carbocycles. The molecule has 4 heterocycles. The number of carboxylic acid groups (broad SMARTS) is 1. The summed E-state index contributed by atoms with van der Waals surface area (Å²) in [6.45, 7) is 7.99. The summed E-state index contributed by atoms with van der Waals surface area (Å²) in [5.41, 5.74) is 6.60. The minimum Gasteiger partial charge on any atom is -0.488 e. The van der Waals surface area contributed by atoms with Crippen molar-refractivity contribution in [3.8, 4) is 17.0 Å². The summed E-state index contributed by atoms with van der Waals surface area (Å²) in [5, 5.41) is 9.64. The van der Waals surface area contributed by atoms with Crippen molar-refractivity contribution >= 4 is 11.8 Å². The molecule has 2 atom stereocenters. The zero-order valence-corrected chi connectivity index (χ0v) is 23.8. The standard InChI is InChI=1S/C34H39N3O4/c1-23-5-8-31(41-22-24-6-7-26-20-36(13-9-25(26)18-24)28-10-15-40-16-11-28)29(17-23)30-3-2-4-32(35-30)37-14-12-34(33(38)39)19-27(34)21-37/h2-8,17-18,27-28H,9-16,19-22H2,1H3,(H,38,39). The number of carboxylic acids is 1. The van der Waals surface area contributed by atoms with Crippen molar-refractivity contribution < 1.29 is 19.4 Å². The van der Waals surface area contributed by atoms with E-state index in [9.17, 15) is 9.90 Å². The van der Waals surface area contributed by atoms with Crippen LogP contribution in [-0.4, -0.2) is 59.8 Å². The van der Waals surface area contributed by atoms with Crippen LogP contribution in [0.5, 0.6) is 5.75 Å². The van der Waals surface area contributed by atoms with Crippen LogP contribution in [0, 0.1) is 18.3 Å². The van der Waals surface area contributed by atoms with Crippen LogP contribution in [0.15, 0.2) is 54.6 Å². The number of pyridine rings is 1. The largest absolute Gasteiger partial charge is 0.488 e. The number of anilines is 1. The number of nitrogens with zero attached hydrogens (tertiary/aromatic N) is 3. The molecule has 4 aliphatic rings. The number of fused-ring (bicyclic) bond motifs is 2. The van der Waals surface area contributed by atoms with Gasteiger partial charge in [0.2, 0.25) is 0 Å². The predicted molar refractivity (Wildman–Crippen MR) is 158 cm³/mol. The minimum atomic E-state index is -0.638. The molecule has 1 aromatic heterocycles. The molecule has 2 saturated heterocycles. The zero-order valence-electron chi connectivity index (χ0n) is 23.8. The highest BCUT2D eigenvalue weighted by molar-refractivity contribution is 5.79. The Bertz CT molecular complexity index is 1450. The van der Waals surface area contributed by atoms with Crippen LogP contribution in [0.3, 0.4) is 0 Å². The molecule has 3 fully saturated rings. The van der Waals surface area contributed by atoms with Gasteiger partial charge in [0.15, 0.2) is 0 Å². The van der Waals surface area contributed by atoms with Crippen LogP contribution in [0.4, 0.5) is 5.82 Å². The lowest BCUT2D eigenvalue weighted by molar-refractivity contribution is -0.144. The highest BCUT2D eigenvalue weighted by Crippen LogP contribution is 2.58. The Balaban J connectivity index is 1.05. The van der Waals surface area contributed by atoms with Crippen LogP contribution in [-0.2, 0) is 29.1 Å². The average molecular weight is 554 g/mol. The summed E-state index contributed by atoms with van der Waals surface area (Å²) in [6, 6.07) is 19.9. The van der Waals surface area contributed by atoms with E-state index < -0.39 is 11.4 Å². The second-order valence-corrected chi connectivity index (χ2v) is 12.4. The number of aliphatic carboxylic acids is 1. The van der Waals surface area contributed by atoms with E-state index in [1.807, 2.05) is 18.2 Å². The number of benzene rings is 2. The van der Waals surface area contributed by atoms with Gasteiger partial charge in [0.25, 0.3) is 0 Å². The summed E-state index contributed by atoms with van der Waals surface area (Å²) < 4.78 is 12.0. The molecule has 41 heavy (non-hydrogen) atoms. The summed E-state index contributed by atoms with van der Waals surface area (Å²) in [7, 11) is 0. The monoisotopic (exact) mass is 553 g/mol. The SMILES string of the molecule is Cc1ccc(OCc2ccc3c(c2)CCN(C2CCOCC2)C3)c(-c2cccc(N3CCC4(C(=O)O)CC4C3)n2)c1. The van der Waals surface area contributed by atoms with Gasteiger partial charge in [-0.1, -0.05) is 35.9 Å². The lowest BCUT2D eigenvalue weighted by Crippen LogP contribution is -2.42. The lowest BCUT2D eigenvalue weighted by Gasteiger charge is -2.37. The van der Waals surface area contributed by atoms with E-state index in [1.165, 1.54) is 16.7 Å². The Morgan fingerprint density at radius 3 is 2.80 bits per heavy atom. The molecular formula is C34H39N3O4. The van der Waals surface area contributed by atoms with Gasteiger partial charge in [0, 0.05) is 51.0 Å². The molecule has 7 heteroatoms. The number of rotatable bonds is 7. The van der Waals surface area contributed by atoms with Crippen molar-refractivity contribution in [1.29, 1.82) is 0 Å². The van der Waals surface area contributed by atoms with E-state index in [1.54, 1.807) is 0 Å². The Morgan fingerprint density at radius 2 is 1.98 bits per heavy atom. The molecule has 214 valence electrons. The van der Waals surface area contributed by atoms with Crippen molar-refractivity contribution in [3.05, 3.63) is 76.9 Å². The molecule has 1 N–H and O–H groups in total. The first kappa shape index (κ1) is 26.5. The molecule has 0 bridgehead atoms. The van der Waals surface area contributed by atoms with Crippen LogP contribution in [0.1, 0.15) is 47.9 Å². The van der Waals surface area contributed by atoms with E-state index in [0.29, 0.717) is 19.1 Å². The number of hydrogen-bond acceptors (Lipinski definition) is 6. The fraction of sp³-hybridized carbons (Fsp3) is 0.471. The van der Waals surface area contributed by atoms with Gasteiger partial charge in [-0.25, -0.2) is 4.98 Å². The van der Waals surface area contributed by atoms with E-state index >= 15 is 0 Å². The van der Waals surface area contributed by atoms with E-state index in [0.717, 1.165) is 93.5 Å². The molecular weight excluding hydrogens is 514 g/mol. The molecule has 2 unspecified atom stereocenters. The van der Waals surface area contributed by atoms with E-state index in [-0.39, 0.29) is 5.92 Å². The molecule has 1 aliphatic carbocycles. The Hall–Kier alpha value is -3.42. The van der Waals surface area contributed by atoms with Gasteiger partial charge >= 0.3 is 5.97 Å². The lowest BCUT2D eigenvalue weighted by atomic mass is 9.95. The molecule has 7 nitrogen and oxygen atoms in total. The molecule has 3 aromatic rings. The Labute approximate surface area is 242 Å². The van der Waals surface area contributed by atoms with Gasteiger partial charge < -0.3 is 19.5 Å². The third-order valence-electron chi connectivity index (χ3n) is 9.81. The van der Waals surface area contributed by atoms with E-state index in [4.69, 9.17) is 14.5 Å². The predicted octanol–water partition coefficient (Wildman–Crippen LogP) is 5.47. The number of aromatic nitrogens is 1. The quantitative estimate of drug-likeness (QED) is 0.416. The summed E-state index contributed by atoms with van der Waals surface area (Å²) >= 11 is 0. The van der Waals surface area contributed by atoms with Gasteiger partial charge in [0.1, 0.15) is 18.2 Å². The Kier molecular flexibility index (Phi) is 6.95. The summed E-state index contributed by atoms with van der Waals surface area (Å²) in [4.78, 5) is 21.6. The zero-order chi connectivity index (χ0) is 28.0. The van der Waals surface area contributed by atoms with Crippen LogP contribution in [0.25, 0.3) is 11.3 Å². The maximum absolute atomic E-state index is 11.7. The van der Waals surface area contributed by atoms with Gasteiger partial charge in [0.05, 0.1) is 11.1 Å². The smallest absolute Gasteiger partial charge is 0.310 e. The second-order valence-electron chi connectivity index (χ2n) is 12.4. The molecule has 7 rings (SSSR count). The van der Waals surface area contributed by atoms with Crippen LogP contribution >= 0.6 is 0 Å². The topological polar surface area (TPSA) is 75.1 Å². The van der Waals surface area contributed by atoms with Gasteiger partial charge in [-0.15, -0.1) is 0 Å². The van der Waals surface area contributed by atoms with Crippen molar-refractivity contribution in [2.75, 3.05) is 37.7 Å². The number of piperidine rings is 1.